The molecule has 1 amide bonds. The molecule has 1 fully saturated rings. The van der Waals surface area contributed by atoms with Crippen LogP contribution in [0.25, 0.3) is 0 Å². The second-order valence-corrected chi connectivity index (χ2v) is 4.33. The summed E-state index contributed by atoms with van der Waals surface area (Å²) in [6, 6.07) is 6.03. The molecule has 0 atom stereocenters. The SMILES string of the molecule is O=C(NCCN1CCNCC1)c1ccccc1F. The molecule has 2 N–H and O–H groups in total. The predicted molar refractivity (Wildman–Crippen MR) is 68.0 cm³/mol. The number of amides is 1. The van der Waals surface area contributed by atoms with Gasteiger partial charge >= 0.3 is 0 Å². The zero-order valence-electron chi connectivity index (χ0n) is 10.3. The van der Waals surface area contributed by atoms with Gasteiger partial charge < -0.3 is 10.6 Å². The lowest BCUT2D eigenvalue weighted by Gasteiger charge is -2.27. The van der Waals surface area contributed by atoms with E-state index in [1.165, 1.54) is 12.1 Å². The number of benzene rings is 1. The van der Waals surface area contributed by atoms with Crippen LogP contribution in [0.3, 0.4) is 0 Å². The molecule has 0 saturated carbocycles. The van der Waals surface area contributed by atoms with Gasteiger partial charge in [0.25, 0.3) is 5.91 Å². The Balaban J connectivity index is 1.76. The minimum absolute atomic E-state index is 0.109. The van der Waals surface area contributed by atoms with Gasteiger partial charge in [0.05, 0.1) is 5.56 Å². The number of hydrogen-bond acceptors (Lipinski definition) is 3. The molecule has 0 aliphatic carbocycles. The molecule has 0 bridgehead atoms. The Morgan fingerprint density at radius 2 is 2.06 bits per heavy atom. The lowest BCUT2D eigenvalue weighted by atomic mass is 10.2. The molecule has 18 heavy (non-hydrogen) atoms. The summed E-state index contributed by atoms with van der Waals surface area (Å²) in [6.07, 6.45) is 0. The Bertz CT molecular complexity index is 405. The van der Waals surface area contributed by atoms with Crippen molar-refractivity contribution in [3.63, 3.8) is 0 Å². The molecular formula is C13H18FN3O. The smallest absolute Gasteiger partial charge is 0.254 e. The maximum atomic E-state index is 13.3. The predicted octanol–water partition coefficient (Wildman–Crippen LogP) is 0.461. The Hall–Kier alpha value is -1.46. The maximum absolute atomic E-state index is 13.3. The fourth-order valence-corrected chi connectivity index (χ4v) is 2.00. The zero-order valence-corrected chi connectivity index (χ0v) is 10.3. The first-order valence-electron chi connectivity index (χ1n) is 6.23. The van der Waals surface area contributed by atoms with Crippen molar-refractivity contribution in [1.29, 1.82) is 0 Å². The molecule has 1 saturated heterocycles. The second kappa shape index (κ2) is 6.47. The maximum Gasteiger partial charge on any atom is 0.254 e. The molecule has 1 heterocycles. The number of nitrogens with zero attached hydrogens (tertiary/aromatic N) is 1. The van der Waals surface area contributed by atoms with E-state index in [2.05, 4.69) is 15.5 Å². The van der Waals surface area contributed by atoms with E-state index in [1.807, 2.05) is 0 Å². The van der Waals surface area contributed by atoms with Crippen LogP contribution in [0.15, 0.2) is 24.3 Å². The lowest BCUT2D eigenvalue weighted by molar-refractivity contribution is 0.0943. The van der Waals surface area contributed by atoms with Crippen LogP contribution >= 0.6 is 0 Å². The standard InChI is InChI=1S/C13H18FN3O/c14-12-4-2-1-3-11(12)13(18)16-7-10-17-8-5-15-6-9-17/h1-4,15H,5-10H2,(H,16,18). The minimum Gasteiger partial charge on any atom is -0.351 e. The van der Waals surface area contributed by atoms with E-state index in [-0.39, 0.29) is 11.5 Å². The number of rotatable bonds is 4. The molecule has 0 spiro atoms. The molecule has 1 aromatic rings. The third-order valence-electron chi connectivity index (χ3n) is 3.04. The fraction of sp³-hybridized carbons (Fsp3) is 0.462. The molecule has 0 aromatic heterocycles. The van der Waals surface area contributed by atoms with E-state index < -0.39 is 5.82 Å². The summed E-state index contributed by atoms with van der Waals surface area (Å²) in [5.41, 5.74) is 0.109. The number of hydrogen-bond donors (Lipinski definition) is 2. The summed E-state index contributed by atoms with van der Waals surface area (Å²) in [4.78, 5) is 14.0. The quantitative estimate of drug-likeness (QED) is 0.817. The van der Waals surface area contributed by atoms with Gasteiger partial charge in [0.15, 0.2) is 0 Å². The van der Waals surface area contributed by atoms with Gasteiger partial charge in [-0.25, -0.2) is 4.39 Å². The highest BCUT2D eigenvalue weighted by Gasteiger charge is 2.12. The van der Waals surface area contributed by atoms with Crippen LogP contribution in [0.4, 0.5) is 4.39 Å². The molecule has 5 heteroatoms. The van der Waals surface area contributed by atoms with Crippen LogP contribution in [0.2, 0.25) is 0 Å². The van der Waals surface area contributed by atoms with Crippen LogP contribution in [0, 0.1) is 5.82 Å². The van der Waals surface area contributed by atoms with E-state index in [4.69, 9.17) is 0 Å². The molecule has 0 unspecified atom stereocenters. The second-order valence-electron chi connectivity index (χ2n) is 4.33. The van der Waals surface area contributed by atoms with Crippen molar-refractivity contribution in [2.45, 2.75) is 0 Å². The highest BCUT2D eigenvalue weighted by atomic mass is 19.1. The lowest BCUT2D eigenvalue weighted by Crippen LogP contribution is -2.46. The summed E-state index contributed by atoms with van der Waals surface area (Å²) < 4.78 is 13.3. The average Bonchev–Trinajstić information content (AvgIpc) is 2.40. The summed E-state index contributed by atoms with van der Waals surface area (Å²) >= 11 is 0. The third kappa shape index (κ3) is 3.51. The Kier molecular flexibility index (Phi) is 4.66. The summed E-state index contributed by atoms with van der Waals surface area (Å²) in [7, 11) is 0. The first kappa shape index (κ1) is 13.0. The molecule has 1 aliphatic heterocycles. The van der Waals surface area contributed by atoms with Crippen molar-refractivity contribution in [3.8, 4) is 0 Å². The molecule has 0 radical (unpaired) electrons. The van der Waals surface area contributed by atoms with Crippen LogP contribution < -0.4 is 10.6 Å². The first-order valence-corrected chi connectivity index (χ1v) is 6.23. The Morgan fingerprint density at radius 3 is 2.78 bits per heavy atom. The van der Waals surface area contributed by atoms with Crippen LogP contribution in [0.5, 0.6) is 0 Å². The van der Waals surface area contributed by atoms with E-state index in [9.17, 15) is 9.18 Å². The van der Waals surface area contributed by atoms with Crippen LogP contribution in [-0.4, -0.2) is 50.1 Å². The molecule has 1 aromatic carbocycles. The minimum atomic E-state index is -0.475. The van der Waals surface area contributed by atoms with Crippen molar-refractivity contribution in [3.05, 3.63) is 35.6 Å². The number of carbonyl (C=O) groups is 1. The third-order valence-corrected chi connectivity index (χ3v) is 3.04. The zero-order chi connectivity index (χ0) is 12.8. The highest BCUT2D eigenvalue weighted by molar-refractivity contribution is 5.94. The van der Waals surface area contributed by atoms with E-state index in [1.54, 1.807) is 12.1 Å². The Morgan fingerprint density at radius 1 is 1.33 bits per heavy atom. The monoisotopic (exact) mass is 251 g/mol. The summed E-state index contributed by atoms with van der Waals surface area (Å²) in [6.45, 7) is 5.32. The molecule has 4 nitrogen and oxygen atoms in total. The number of nitrogens with one attached hydrogen (secondary N) is 2. The van der Waals surface area contributed by atoms with Crippen LogP contribution in [0.1, 0.15) is 10.4 Å². The highest BCUT2D eigenvalue weighted by Crippen LogP contribution is 2.05. The van der Waals surface area contributed by atoms with Crippen LogP contribution in [-0.2, 0) is 0 Å². The van der Waals surface area contributed by atoms with Gasteiger partial charge in [-0.3, -0.25) is 9.69 Å². The summed E-state index contributed by atoms with van der Waals surface area (Å²) in [5, 5.41) is 6.01. The van der Waals surface area contributed by atoms with Gasteiger partial charge in [-0.15, -0.1) is 0 Å². The largest absolute Gasteiger partial charge is 0.351 e. The average molecular weight is 251 g/mol. The van der Waals surface area contributed by atoms with Gasteiger partial charge in [0.1, 0.15) is 5.82 Å². The van der Waals surface area contributed by atoms with Crippen molar-refractivity contribution >= 4 is 5.91 Å². The summed E-state index contributed by atoms with van der Waals surface area (Å²) in [5.74, 6) is -0.819. The molecule has 1 aliphatic rings. The molecular weight excluding hydrogens is 233 g/mol. The van der Waals surface area contributed by atoms with Gasteiger partial charge in [-0.2, -0.15) is 0 Å². The normalized spacial score (nSPS) is 16.5. The van der Waals surface area contributed by atoms with Gasteiger partial charge in [-0.05, 0) is 12.1 Å². The Labute approximate surface area is 106 Å². The van der Waals surface area contributed by atoms with E-state index in [0.717, 1.165) is 32.7 Å². The topological polar surface area (TPSA) is 44.4 Å². The fourth-order valence-electron chi connectivity index (χ4n) is 2.00. The molecule has 98 valence electrons. The number of carbonyl (C=O) groups excluding carboxylic acids is 1. The van der Waals surface area contributed by atoms with Crippen molar-refractivity contribution in [2.75, 3.05) is 39.3 Å². The number of piperazine rings is 1. The van der Waals surface area contributed by atoms with E-state index >= 15 is 0 Å². The number of halogens is 1. The van der Waals surface area contributed by atoms with Gasteiger partial charge in [-0.1, -0.05) is 12.1 Å². The van der Waals surface area contributed by atoms with E-state index in [0.29, 0.717) is 6.54 Å². The van der Waals surface area contributed by atoms with Crippen molar-refractivity contribution in [2.24, 2.45) is 0 Å². The first-order chi connectivity index (χ1) is 8.77. The van der Waals surface area contributed by atoms with Crippen molar-refractivity contribution < 1.29 is 9.18 Å². The van der Waals surface area contributed by atoms with Gasteiger partial charge in [0.2, 0.25) is 0 Å². The molecule has 2 rings (SSSR count). The van der Waals surface area contributed by atoms with Crippen molar-refractivity contribution in [1.82, 2.24) is 15.5 Å². The van der Waals surface area contributed by atoms with Gasteiger partial charge in [0, 0.05) is 39.3 Å².